The monoisotopic (exact) mass is 300 g/mol. The van der Waals surface area contributed by atoms with Crippen LogP contribution < -0.4 is 10.5 Å². The number of nitrogens with zero attached hydrogens (tertiary/aromatic N) is 1. The molecule has 2 aromatic heterocycles. The molecule has 5 heteroatoms. The van der Waals surface area contributed by atoms with Crippen molar-refractivity contribution in [2.45, 2.75) is 13.8 Å². The van der Waals surface area contributed by atoms with Gasteiger partial charge < -0.3 is 15.0 Å². The number of benzene rings is 1. The normalized spacial score (nSPS) is 10.8. The molecule has 0 aliphatic carbocycles. The van der Waals surface area contributed by atoms with Gasteiger partial charge in [-0.2, -0.15) is 0 Å². The molecule has 0 atom stereocenters. The summed E-state index contributed by atoms with van der Waals surface area (Å²) in [6, 6.07) is 8.02. The molecule has 21 heavy (non-hydrogen) atoms. The number of anilines is 1. The molecule has 3 rings (SSSR count). The number of ether oxygens (including phenoxy) is 1. The molecular formula is C16H16N2O2S. The number of hydrogen-bond donors (Lipinski definition) is 1. The maximum Gasteiger partial charge on any atom is 0.187 e. The van der Waals surface area contributed by atoms with Gasteiger partial charge in [-0.15, -0.1) is 11.3 Å². The lowest BCUT2D eigenvalue weighted by molar-refractivity contribution is 0.416. The Hall–Kier alpha value is -2.27. The van der Waals surface area contributed by atoms with Gasteiger partial charge in [0.2, 0.25) is 0 Å². The van der Waals surface area contributed by atoms with Crippen LogP contribution in [-0.4, -0.2) is 12.3 Å². The van der Waals surface area contributed by atoms with Crippen LogP contribution in [0.4, 0.5) is 5.82 Å². The Kier molecular flexibility index (Phi) is 3.43. The van der Waals surface area contributed by atoms with Crippen molar-refractivity contribution in [1.29, 1.82) is 0 Å². The molecular weight excluding hydrogens is 284 g/mol. The van der Waals surface area contributed by atoms with Gasteiger partial charge in [-0.1, -0.05) is 16.8 Å². The van der Waals surface area contributed by atoms with Crippen molar-refractivity contribution < 1.29 is 9.26 Å². The molecule has 4 nitrogen and oxygen atoms in total. The lowest BCUT2D eigenvalue weighted by Crippen LogP contribution is -1.93. The van der Waals surface area contributed by atoms with Crippen molar-refractivity contribution in [3.63, 3.8) is 0 Å². The van der Waals surface area contributed by atoms with Gasteiger partial charge in [0.1, 0.15) is 5.75 Å². The number of hydrogen-bond acceptors (Lipinski definition) is 5. The van der Waals surface area contributed by atoms with Crippen LogP contribution in [0.5, 0.6) is 5.75 Å². The molecule has 0 saturated heterocycles. The molecule has 0 radical (unpaired) electrons. The highest BCUT2D eigenvalue weighted by Crippen LogP contribution is 2.43. The van der Waals surface area contributed by atoms with E-state index in [1.54, 1.807) is 18.4 Å². The summed E-state index contributed by atoms with van der Waals surface area (Å²) in [5.41, 5.74) is 10.0. The third-order valence-electron chi connectivity index (χ3n) is 3.41. The highest BCUT2D eigenvalue weighted by Gasteiger charge is 2.22. The van der Waals surface area contributed by atoms with Crippen LogP contribution in [0, 0.1) is 13.8 Å². The van der Waals surface area contributed by atoms with Crippen molar-refractivity contribution in [3.8, 4) is 27.5 Å². The summed E-state index contributed by atoms with van der Waals surface area (Å²) in [7, 11) is 1.65. The smallest absolute Gasteiger partial charge is 0.187 e. The van der Waals surface area contributed by atoms with Gasteiger partial charge in [0, 0.05) is 5.56 Å². The third kappa shape index (κ3) is 2.29. The van der Waals surface area contributed by atoms with Crippen molar-refractivity contribution in [3.05, 3.63) is 40.8 Å². The zero-order valence-electron chi connectivity index (χ0n) is 12.1. The zero-order valence-corrected chi connectivity index (χ0v) is 13.0. The van der Waals surface area contributed by atoms with E-state index in [-0.39, 0.29) is 0 Å². The highest BCUT2D eigenvalue weighted by atomic mass is 32.1. The maximum atomic E-state index is 6.05. The van der Waals surface area contributed by atoms with E-state index >= 15 is 0 Å². The van der Waals surface area contributed by atoms with Gasteiger partial charge in [0.15, 0.2) is 11.6 Å². The molecule has 108 valence electrons. The first-order valence-electron chi connectivity index (χ1n) is 6.56. The van der Waals surface area contributed by atoms with Gasteiger partial charge in [0.25, 0.3) is 0 Å². The van der Waals surface area contributed by atoms with Crippen LogP contribution >= 0.6 is 11.3 Å². The first-order valence-corrected chi connectivity index (χ1v) is 7.44. The molecule has 0 unspecified atom stereocenters. The van der Waals surface area contributed by atoms with E-state index in [2.05, 4.69) is 11.2 Å². The molecule has 0 amide bonds. The summed E-state index contributed by atoms with van der Waals surface area (Å²) in [5.74, 6) is 1.83. The van der Waals surface area contributed by atoms with Gasteiger partial charge in [0.05, 0.1) is 17.6 Å². The van der Waals surface area contributed by atoms with Crippen molar-refractivity contribution >= 4 is 17.2 Å². The predicted octanol–water partition coefficient (Wildman–Crippen LogP) is 4.28. The fourth-order valence-electron chi connectivity index (χ4n) is 2.34. The summed E-state index contributed by atoms with van der Waals surface area (Å²) in [6.07, 6.45) is 0. The second-order valence-corrected chi connectivity index (χ2v) is 5.82. The highest BCUT2D eigenvalue weighted by molar-refractivity contribution is 7.13. The number of methoxy groups -OCH3 is 1. The Balaban J connectivity index is 2.27. The first-order chi connectivity index (χ1) is 10.1. The number of aromatic nitrogens is 1. The molecule has 0 saturated carbocycles. The molecule has 0 fully saturated rings. The van der Waals surface area contributed by atoms with Crippen molar-refractivity contribution in [2.24, 2.45) is 0 Å². The Morgan fingerprint density at radius 1 is 1.24 bits per heavy atom. The standard InChI is InChI=1S/C16H16N2O2S/c1-9-4-5-12(19-3)11(8-9)13-14(20-18-16(13)17)15-10(2)6-7-21-15/h4-8H,1-3H3,(H2,17,18). The average Bonchev–Trinajstić information content (AvgIpc) is 3.04. The molecule has 0 aliphatic rings. The second kappa shape index (κ2) is 5.26. The van der Waals surface area contributed by atoms with Crippen molar-refractivity contribution in [1.82, 2.24) is 5.16 Å². The SMILES string of the molecule is COc1ccc(C)cc1-c1c(N)noc1-c1sccc1C. The van der Waals surface area contributed by atoms with Gasteiger partial charge in [-0.05, 0) is 43.0 Å². The second-order valence-electron chi connectivity index (χ2n) is 4.91. The number of aryl methyl sites for hydroxylation is 2. The van der Waals surface area contributed by atoms with E-state index in [4.69, 9.17) is 15.0 Å². The fourth-order valence-corrected chi connectivity index (χ4v) is 3.25. The van der Waals surface area contributed by atoms with E-state index in [0.29, 0.717) is 11.6 Å². The van der Waals surface area contributed by atoms with Gasteiger partial charge in [-0.25, -0.2) is 0 Å². The van der Waals surface area contributed by atoms with E-state index in [0.717, 1.165) is 32.9 Å². The lowest BCUT2D eigenvalue weighted by atomic mass is 10.0. The van der Waals surface area contributed by atoms with Crippen molar-refractivity contribution in [2.75, 3.05) is 12.8 Å². The molecule has 3 aromatic rings. The van der Waals surface area contributed by atoms with Crippen LogP contribution in [-0.2, 0) is 0 Å². The van der Waals surface area contributed by atoms with E-state index in [1.807, 2.05) is 37.4 Å². The molecule has 0 bridgehead atoms. The van der Waals surface area contributed by atoms with Gasteiger partial charge >= 0.3 is 0 Å². The van der Waals surface area contributed by atoms with E-state index in [9.17, 15) is 0 Å². The first kappa shape index (κ1) is 13.7. The fraction of sp³-hybridized carbons (Fsp3) is 0.188. The minimum atomic E-state index is 0.377. The summed E-state index contributed by atoms with van der Waals surface area (Å²) in [4.78, 5) is 1.04. The van der Waals surface area contributed by atoms with Crippen LogP contribution in [0.1, 0.15) is 11.1 Å². The van der Waals surface area contributed by atoms with E-state index < -0.39 is 0 Å². The average molecular weight is 300 g/mol. The van der Waals surface area contributed by atoms with Crippen LogP contribution in [0.2, 0.25) is 0 Å². The lowest BCUT2D eigenvalue weighted by Gasteiger charge is -2.09. The van der Waals surface area contributed by atoms with Crippen LogP contribution in [0.3, 0.4) is 0 Å². The molecule has 0 aliphatic heterocycles. The summed E-state index contributed by atoms with van der Waals surface area (Å²) >= 11 is 1.61. The Labute approximate surface area is 127 Å². The zero-order chi connectivity index (χ0) is 15.0. The molecule has 2 N–H and O–H groups in total. The predicted molar refractivity (Wildman–Crippen MR) is 85.7 cm³/mol. The third-order valence-corrected chi connectivity index (χ3v) is 4.43. The Bertz CT molecular complexity index is 789. The summed E-state index contributed by atoms with van der Waals surface area (Å²) in [5, 5.41) is 5.98. The molecule has 2 heterocycles. The number of nitrogens with two attached hydrogens (primary N) is 1. The summed E-state index contributed by atoms with van der Waals surface area (Å²) in [6.45, 7) is 4.07. The number of rotatable bonds is 3. The topological polar surface area (TPSA) is 61.3 Å². The van der Waals surface area contributed by atoms with Crippen LogP contribution in [0.25, 0.3) is 21.8 Å². The largest absolute Gasteiger partial charge is 0.496 e. The minimum absolute atomic E-state index is 0.377. The summed E-state index contributed by atoms with van der Waals surface area (Å²) < 4.78 is 11.0. The van der Waals surface area contributed by atoms with Crippen LogP contribution in [0.15, 0.2) is 34.2 Å². The Morgan fingerprint density at radius 2 is 2.05 bits per heavy atom. The quantitative estimate of drug-likeness (QED) is 0.784. The molecule has 1 aromatic carbocycles. The minimum Gasteiger partial charge on any atom is -0.496 e. The number of nitrogen functional groups attached to an aromatic ring is 1. The molecule has 0 spiro atoms. The maximum absolute atomic E-state index is 6.05. The van der Waals surface area contributed by atoms with E-state index in [1.165, 1.54) is 0 Å². The number of thiophene rings is 1. The Morgan fingerprint density at radius 3 is 2.71 bits per heavy atom. The van der Waals surface area contributed by atoms with Gasteiger partial charge in [-0.3, -0.25) is 0 Å².